The second-order valence-electron chi connectivity index (χ2n) is 15.1. The SMILES string of the molecule is C.CC(=O)C=C(C)O.CC(=O)C=C(C)O.CC(=O)C=C(C)O.CCC.CCC.CCC.CN1C=CN(N2C=CN(C)[CH-]2)[CH-]1.CN1C=CN(N2C=CN(C)[CH-]2)[CH-]1.CN1C=CN(N2C=CN(C)[CH-]2)[CH-]1.[Os+2].[Os+2].[Os+2]. The maximum Gasteiger partial charge on any atom is 2.00 e. The van der Waals surface area contributed by atoms with E-state index in [0.29, 0.717) is 0 Å². The van der Waals surface area contributed by atoms with Crippen LogP contribution < -0.4 is 0 Å². The molecular formula is C49H88N12O6Os3. The summed E-state index contributed by atoms with van der Waals surface area (Å²) in [5.74, 6) is -0.187. The molecule has 0 aromatic carbocycles. The van der Waals surface area contributed by atoms with Crippen molar-refractivity contribution in [3.63, 3.8) is 0 Å². The van der Waals surface area contributed by atoms with E-state index in [1.54, 1.807) is 0 Å². The van der Waals surface area contributed by atoms with Crippen molar-refractivity contribution < 1.29 is 89.1 Å². The van der Waals surface area contributed by atoms with Crippen molar-refractivity contribution in [2.75, 3.05) is 42.3 Å². The molecule has 404 valence electrons. The second kappa shape index (κ2) is 48.2. The molecule has 0 aliphatic carbocycles. The number of ketones is 3. The number of rotatable bonds is 6. The third-order valence-electron chi connectivity index (χ3n) is 6.57. The Morgan fingerprint density at radius 3 is 0.500 bits per heavy atom. The molecule has 70 heavy (non-hydrogen) atoms. The minimum absolute atomic E-state index is 0. The molecule has 6 rings (SSSR count). The van der Waals surface area contributed by atoms with Crippen LogP contribution in [-0.2, 0) is 73.8 Å². The van der Waals surface area contributed by atoms with Gasteiger partial charge in [-0.2, -0.15) is 0 Å². The third kappa shape index (κ3) is 46.0. The van der Waals surface area contributed by atoms with Gasteiger partial charge in [0.05, 0.1) is 17.3 Å². The smallest absolute Gasteiger partial charge is 0.512 e. The number of carbonyl (C=O) groups excluding carboxylic acids is 3. The number of nitrogens with zero attached hydrogens (tertiary/aromatic N) is 12. The third-order valence-corrected chi connectivity index (χ3v) is 6.57. The van der Waals surface area contributed by atoms with E-state index < -0.39 is 0 Å². The molecule has 0 radical (unpaired) electrons. The number of aliphatic hydroxyl groups is 3. The van der Waals surface area contributed by atoms with Gasteiger partial charge in [-0.3, -0.25) is 14.4 Å². The molecule has 0 saturated carbocycles. The van der Waals surface area contributed by atoms with E-state index in [9.17, 15) is 14.4 Å². The Balaban J connectivity index is -0.000000132. The topological polar surface area (TPSA) is 151 Å². The molecule has 0 aromatic heterocycles. The van der Waals surface area contributed by atoms with Crippen LogP contribution in [0.3, 0.4) is 0 Å². The zero-order valence-corrected chi connectivity index (χ0v) is 51.9. The Morgan fingerprint density at radius 2 is 0.457 bits per heavy atom. The molecule has 0 saturated heterocycles. The van der Waals surface area contributed by atoms with Crippen LogP contribution in [-0.4, -0.2) is 134 Å². The van der Waals surface area contributed by atoms with Crippen molar-refractivity contribution in [1.29, 1.82) is 0 Å². The molecule has 0 unspecified atom stereocenters. The molecule has 6 aliphatic heterocycles. The molecule has 0 atom stereocenters. The minimum Gasteiger partial charge on any atom is -0.512 e. The van der Waals surface area contributed by atoms with Gasteiger partial charge >= 0.3 is 59.4 Å². The zero-order chi connectivity index (χ0) is 51.4. The maximum absolute atomic E-state index is 10.0. The molecular weight excluding hydrogens is 1420 g/mol. The van der Waals surface area contributed by atoms with Crippen molar-refractivity contribution in [3.8, 4) is 0 Å². The fraction of sp³-hybridized carbons (Fsp3) is 0.449. The average Bonchev–Trinajstić information content (AvgIpc) is 4.05. The van der Waals surface area contributed by atoms with Crippen LogP contribution in [0.15, 0.2) is 110 Å². The summed E-state index contributed by atoms with van der Waals surface area (Å²) < 4.78 is 0. The maximum atomic E-state index is 10.0. The number of aliphatic hydroxyl groups excluding tert-OH is 3. The summed E-state index contributed by atoms with van der Waals surface area (Å²) in [6.45, 7) is 33.3. The molecule has 0 aromatic rings. The molecule has 18 nitrogen and oxygen atoms in total. The van der Waals surface area contributed by atoms with Crippen LogP contribution in [0.5, 0.6) is 0 Å². The largest absolute Gasteiger partial charge is 2.00 e. The monoisotopic (exact) mass is 1520 g/mol. The first-order valence-electron chi connectivity index (χ1n) is 21.7. The van der Waals surface area contributed by atoms with Gasteiger partial charge < -0.3 is 74.8 Å². The van der Waals surface area contributed by atoms with Gasteiger partial charge in [0.1, 0.15) is 0 Å². The van der Waals surface area contributed by atoms with Gasteiger partial charge in [0.15, 0.2) is 17.3 Å². The summed E-state index contributed by atoms with van der Waals surface area (Å²) in [5.41, 5.74) is 0. The Kier molecular flexibility index (Phi) is 54.9. The van der Waals surface area contributed by atoms with E-state index in [2.05, 4.69) is 41.5 Å². The van der Waals surface area contributed by atoms with Crippen LogP contribution in [0.1, 0.15) is 110 Å². The van der Waals surface area contributed by atoms with Gasteiger partial charge in [-0.05, 0) is 121 Å². The summed E-state index contributed by atoms with van der Waals surface area (Å²) in [6.07, 6.45) is 31.2. The first-order valence-corrected chi connectivity index (χ1v) is 21.7. The van der Waals surface area contributed by atoms with Gasteiger partial charge in [0.2, 0.25) is 0 Å². The molecule has 0 bridgehead atoms. The number of hydrogen-bond acceptors (Lipinski definition) is 18. The zero-order valence-electron chi connectivity index (χ0n) is 44.2. The van der Waals surface area contributed by atoms with Crippen LogP contribution in [0.25, 0.3) is 0 Å². The molecule has 21 heteroatoms. The number of allylic oxidation sites excluding steroid dienone is 6. The Bertz CT molecular complexity index is 1370. The molecule has 0 fully saturated rings. The van der Waals surface area contributed by atoms with Gasteiger partial charge in [0, 0.05) is 55.4 Å². The Morgan fingerprint density at radius 1 is 0.343 bits per heavy atom. The van der Waals surface area contributed by atoms with Crippen molar-refractivity contribution in [1.82, 2.24) is 59.5 Å². The molecule has 6 aliphatic rings. The van der Waals surface area contributed by atoms with Gasteiger partial charge in [-0.25, -0.2) is 0 Å². The molecule has 0 spiro atoms. The van der Waals surface area contributed by atoms with E-state index in [1.165, 1.54) is 79.0 Å². The normalized spacial score (nSPS) is 15.4. The van der Waals surface area contributed by atoms with E-state index >= 15 is 0 Å². The van der Waals surface area contributed by atoms with E-state index in [4.69, 9.17) is 15.3 Å². The average molecular weight is 1510 g/mol. The van der Waals surface area contributed by atoms with Crippen LogP contribution >= 0.6 is 0 Å². The predicted molar refractivity (Wildman–Crippen MR) is 274 cm³/mol. The minimum atomic E-state index is -0.125. The quantitative estimate of drug-likeness (QED) is 0.131. The van der Waals surface area contributed by atoms with Crippen LogP contribution in [0.4, 0.5) is 0 Å². The first-order chi connectivity index (χ1) is 30.9. The van der Waals surface area contributed by atoms with Crippen LogP contribution in [0.2, 0.25) is 0 Å². The van der Waals surface area contributed by atoms with Crippen molar-refractivity contribution in [3.05, 3.63) is 150 Å². The number of carbonyl (C=O) groups is 3. The molecule has 0 amide bonds. The molecule has 6 heterocycles. The summed E-state index contributed by atoms with van der Waals surface area (Å²) in [4.78, 5) is 42.1. The van der Waals surface area contributed by atoms with Gasteiger partial charge in [-0.1, -0.05) is 68.2 Å². The fourth-order valence-corrected chi connectivity index (χ4v) is 4.32. The number of hydrogen-bond donors (Lipinski definition) is 3. The summed E-state index contributed by atoms with van der Waals surface area (Å²) in [7, 11) is 12.0. The second-order valence-corrected chi connectivity index (χ2v) is 15.1. The Labute approximate surface area is 465 Å². The predicted octanol–water partition coefficient (Wildman–Crippen LogP) is 9.72. The first kappa shape index (κ1) is 79.7. The Hall–Kier alpha value is -4.42. The summed E-state index contributed by atoms with van der Waals surface area (Å²) >= 11 is 0. The van der Waals surface area contributed by atoms with Crippen molar-refractivity contribution >= 4 is 17.3 Å². The van der Waals surface area contributed by atoms with Gasteiger partial charge in [0.25, 0.3) is 0 Å². The summed E-state index contributed by atoms with van der Waals surface area (Å²) in [5, 5.41) is 37.1. The fourth-order valence-electron chi connectivity index (χ4n) is 4.32. The molecule has 3 N–H and O–H groups in total. The van der Waals surface area contributed by atoms with Gasteiger partial charge in [-0.15, -0.1) is 40.0 Å². The summed E-state index contributed by atoms with van der Waals surface area (Å²) in [6, 6.07) is 0. The van der Waals surface area contributed by atoms with Crippen LogP contribution in [0, 0.1) is 40.0 Å². The number of hydrazine groups is 3. The van der Waals surface area contributed by atoms with E-state index in [-0.39, 0.29) is 101 Å². The standard InChI is InChI=1S/3C8H12N4.3C5H8O2.3C3H8.CH4.3Os/c3*1-9-3-5-11(7-9)12-6-4-10(2)8-12;3*1-4(6)3-5(2)7;3*1-3-2;;;;/h3*3-8H,1-2H3;3*3,6H,1-2H3;3*3H2,1-2H3;1H4;;;/q3*-2;;;;;;;;3*+2. The van der Waals surface area contributed by atoms with Crippen molar-refractivity contribution in [2.45, 2.75) is 110 Å². The van der Waals surface area contributed by atoms with E-state index in [1.807, 2.05) is 216 Å². The van der Waals surface area contributed by atoms with E-state index in [0.717, 1.165) is 0 Å². The van der Waals surface area contributed by atoms with Crippen molar-refractivity contribution in [2.24, 2.45) is 0 Å².